The van der Waals surface area contributed by atoms with Gasteiger partial charge < -0.3 is 0 Å². The van der Waals surface area contributed by atoms with E-state index in [2.05, 4.69) is 40.9 Å². The second kappa shape index (κ2) is 10.2. The lowest BCUT2D eigenvalue weighted by atomic mass is 10.0. The van der Waals surface area contributed by atoms with E-state index in [4.69, 9.17) is 0 Å². The summed E-state index contributed by atoms with van der Waals surface area (Å²) in [6.07, 6.45) is 6.89. The first-order valence-electron chi connectivity index (χ1n) is 4.58. The molecule has 0 radical (unpaired) electrons. The molecular weight excluding hydrogens is 144 g/mol. The van der Waals surface area contributed by atoms with E-state index < -0.39 is 0 Å². The van der Waals surface area contributed by atoms with Crippen LogP contribution in [0.5, 0.6) is 0 Å². The Morgan fingerprint density at radius 2 is 1.67 bits per heavy atom. The van der Waals surface area contributed by atoms with Gasteiger partial charge in [-0.05, 0) is 11.5 Å². The molecule has 0 atom stereocenters. The van der Waals surface area contributed by atoms with Gasteiger partial charge in [0.2, 0.25) is 0 Å². The first kappa shape index (κ1) is 13.8. The molecule has 0 amide bonds. The Morgan fingerprint density at radius 3 is 1.75 bits per heavy atom. The van der Waals surface area contributed by atoms with Crippen molar-refractivity contribution >= 4 is 0 Å². The molecule has 0 heteroatoms. The van der Waals surface area contributed by atoms with Gasteiger partial charge in [-0.1, -0.05) is 65.5 Å². The van der Waals surface area contributed by atoms with E-state index in [9.17, 15) is 0 Å². The molecule has 70 valence electrons. The molecule has 0 saturated heterocycles. The number of allylic oxidation sites excluding steroid dienone is 4. The summed E-state index contributed by atoms with van der Waals surface area (Å²) in [5.74, 6) is 0.556. The van der Waals surface area contributed by atoms with Crippen molar-refractivity contribution in [3.63, 3.8) is 0 Å². The fraction of sp³-hybridized carbons (Fsp3) is 0.500. The van der Waals surface area contributed by atoms with Crippen molar-refractivity contribution < 1.29 is 0 Å². The van der Waals surface area contributed by atoms with Crippen LogP contribution in [0.2, 0.25) is 0 Å². The van der Waals surface area contributed by atoms with Crippen molar-refractivity contribution in [2.45, 2.75) is 34.1 Å². The van der Waals surface area contributed by atoms with Gasteiger partial charge in [0.1, 0.15) is 0 Å². The number of rotatable bonds is 3. The maximum atomic E-state index is 3.68. The van der Waals surface area contributed by atoms with Gasteiger partial charge in [-0.3, -0.25) is 0 Å². The molecule has 0 aromatic carbocycles. The van der Waals surface area contributed by atoms with Crippen LogP contribution >= 0.6 is 0 Å². The summed E-state index contributed by atoms with van der Waals surface area (Å²) in [5, 5.41) is 0. The average Bonchev–Trinajstić information content (AvgIpc) is 2.01. The molecule has 0 spiro atoms. The summed E-state index contributed by atoms with van der Waals surface area (Å²) >= 11 is 0. The number of hydrogen-bond donors (Lipinski definition) is 0. The van der Waals surface area contributed by atoms with Gasteiger partial charge in [0, 0.05) is 0 Å². The average molecular weight is 166 g/mol. The van der Waals surface area contributed by atoms with E-state index >= 15 is 0 Å². The fourth-order valence-electron chi connectivity index (χ4n) is 0.632. The van der Waals surface area contributed by atoms with Gasteiger partial charge in [-0.15, -0.1) is 0 Å². The number of hydrogen-bond acceptors (Lipinski definition) is 0. The lowest BCUT2D eigenvalue weighted by Crippen LogP contribution is -1.87. The van der Waals surface area contributed by atoms with Gasteiger partial charge in [0.05, 0.1) is 0 Å². The Kier molecular flexibility index (Phi) is 11.7. The monoisotopic (exact) mass is 166 g/mol. The Balaban J connectivity index is 0. The van der Waals surface area contributed by atoms with Crippen molar-refractivity contribution in [3.05, 3.63) is 37.0 Å². The Labute approximate surface area is 77.7 Å². The summed E-state index contributed by atoms with van der Waals surface area (Å²) in [6.45, 7) is 15.8. The first-order chi connectivity index (χ1) is 5.63. The Hall–Kier alpha value is -0.780. The molecule has 0 unspecified atom stereocenters. The predicted octanol–water partition coefficient (Wildman–Crippen LogP) is 4.36. The largest absolute Gasteiger partial charge is 0.0991 e. The SMILES string of the molecule is C=C/C=C(\C=C)C(C)C.CCC. The topological polar surface area (TPSA) is 0 Å². The Bertz CT molecular complexity index is 138. The highest BCUT2D eigenvalue weighted by Gasteiger charge is 1.94. The van der Waals surface area contributed by atoms with Crippen molar-refractivity contribution in [1.82, 2.24) is 0 Å². The third kappa shape index (κ3) is 9.22. The second-order valence-electron chi connectivity index (χ2n) is 2.97. The van der Waals surface area contributed by atoms with Gasteiger partial charge in [-0.2, -0.15) is 0 Å². The van der Waals surface area contributed by atoms with Crippen molar-refractivity contribution in [2.75, 3.05) is 0 Å². The maximum Gasteiger partial charge on any atom is -0.0219 e. The Morgan fingerprint density at radius 1 is 1.25 bits per heavy atom. The summed E-state index contributed by atoms with van der Waals surface area (Å²) in [6, 6.07) is 0. The molecule has 0 heterocycles. The second-order valence-corrected chi connectivity index (χ2v) is 2.97. The highest BCUT2D eigenvalue weighted by atomic mass is 14.0. The maximum absolute atomic E-state index is 3.68. The summed E-state index contributed by atoms with van der Waals surface area (Å²) in [7, 11) is 0. The zero-order valence-electron chi connectivity index (χ0n) is 8.93. The standard InChI is InChI=1S/C9H14.C3H8/c1-5-7-9(6-2)8(3)4;1-3-2/h5-8H,1-2H2,3-4H3;3H2,1-2H3/b9-7+;. The molecule has 12 heavy (non-hydrogen) atoms. The zero-order valence-corrected chi connectivity index (χ0v) is 8.93. The third-order valence-corrected chi connectivity index (χ3v) is 1.21. The normalized spacial score (nSPS) is 10.2. The lowest BCUT2D eigenvalue weighted by Gasteiger charge is -2.02. The summed E-state index contributed by atoms with van der Waals surface area (Å²) in [5.41, 5.74) is 1.24. The molecule has 0 rings (SSSR count). The molecule has 0 aliphatic heterocycles. The molecule has 0 saturated carbocycles. The molecule has 0 aromatic rings. The molecule has 0 N–H and O–H groups in total. The zero-order chi connectivity index (χ0) is 9.98. The minimum absolute atomic E-state index is 0.556. The molecule has 0 bridgehead atoms. The van der Waals surface area contributed by atoms with Crippen LogP contribution in [0.15, 0.2) is 37.0 Å². The minimum atomic E-state index is 0.556. The highest BCUT2D eigenvalue weighted by molar-refractivity contribution is 5.22. The van der Waals surface area contributed by atoms with Crippen LogP contribution in [0.4, 0.5) is 0 Å². The predicted molar refractivity (Wildman–Crippen MR) is 59.3 cm³/mol. The molecule has 0 nitrogen and oxygen atoms in total. The van der Waals surface area contributed by atoms with Crippen LogP contribution in [-0.4, -0.2) is 0 Å². The van der Waals surface area contributed by atoms with Crippen LogP contribution in [0.3, 0.4) is 0 Å². The molecule has 0 aliphatic rings. The van der Waals surface area contributed by atoms with Crippen LogP contribution in [0.1, 0.15) is 34.1 Å². The van der Waals surface area contributed by atoms with Gasteiger partial charge in [0.25, 0.3) is 0 Å². The minimum Gasteiger partial charge on any atom is -0.0991 e. The van der Waals surface area contributed by atoms with Gasteiger partial charge >= 0.3 is 0 Å². The molecule has 0 aromatic heterocycles. The van der Waals surface area contributed by atoms with Gasteiger partial charge in [0.15, 0.2) is 0 Å². The molecular formula is C12H22. The highest BCUT2D eigenvalue weighted by Crippen LogP contribution is 2.09. The molecule has 0 fully saturated rings. The van der Waals surface area contributed by atoms with E-state index in [0.29, 0.717) is 5.92 Å². The smallest absolute Gasteiger partial charge is 0.0219 e. The van der Waals surface area contributed by atoms with E-state index in [0.717, 1.165) is 0 Å². The molecule has 0 aliphatic carbocycles. The third-order valence-electron chi connectivity index (χ3n) is 1.21. The van der Waals surface area contributed by atoms with Gasteiger partial charge in [-0.25, -0.2) is 0 Å². The van der Waals surface area contributed by atoms with E-state index in [1.807, 2.05) is 12.2 Å². The van der Waals surface area contributed by atoms with Crippen LogP contribution in [0.25, 0.3) is 0 Å². The van der Waals surface area contributed by atoms with E-state index in [-0.39, 0.29) is 0 Å². The van der Waals surface area contributed by atoms with Crippen LogP contribution < -0.4 is 0 Å². The van der Waals surface area contributed by atoms with Crippen molar-refractivity contribution in [2.24, 2.45) is 5.92 Å². The fourth-order valence-corrected chi connectivity index (χ4v) is 0.632. The van der Waals surface area contributed by atoms with Crippen LogP contribution in [0, 0.1) is 5.92 Å². The van der Waals surface area contributed by atoms with E-state index in [1.54, 1.807) is 6.08 Å². The summed E-state index contributed by atoms with van der Waals surface area (Å²) in [4.78, 5) is 0. The van der Waals surface area contributed by atoms with Crippen molar-refractivity contribution in [3.8, 4) is 0 Å². The summed E-state index contributed by atoms with van der Waals surface area (Å²) < 4.78 is 0. The van der Waals surface area contributed by atoms with E-state index in [1.165, 1.54) is 12.0 Å². The lowest BCUT2D eigenvalue weighted by molar-refractivity contribution is 0.792. The first-order valence-corrected chi connectivity index (χ1v) is 4.58. The van der Waals surface area contributed by atoms with Crippen LogP contribution in [-0.2, 0) is 0 Å². The van der Waals surface area contributed by atoms with Crippen molar-refractivity contribution in [1.29, 1.82) is 0 Å². The quantitative estimate of drug-likeness (QED) is 0.546.